The molecule has 0 aliphatic heterocycles. The van der Waals surface area contributed by atoms with Crippen LogP contribution in [0.5, 0.6) is 5.75 Å². The van der Waals surface area contributed by atoms with Gasteiger partial charge in [0.05, 0.1) is 30.1 Å². The third kappa shape index (κ3) is 2.03. The van der Waals surface area contributed by atoms with Gasteiger partial charge >= 0.3 is 0 Å². The molecule has 5 heteroatoms. The summed E-state index contributed by atoms with van der Waals surface area (Å²) in [4.78, 5) is 4.10. The van der Waals surface area contributed by atoms with Crippen LogP contribution in [0.1, 0.15) is 5.56 Å². The molecule has 0 saturated heterocycles. The number of methoxy groups -OCH3 is 1. The highest BCUT2D eigenvalue weighted by atomic mass is 35.5. The van der Waals surface area contributed by atoms with Gasteiger partial charge in [-0.2, -0.15) is 5.26 Å². The number of para-hydroxylation sites is 1. The van der Waals surface area contributed by atoms with Crippen molar-refractivity contribution in [3.05, 3.63) is 47.2 Å². The van der Waals surface area contributed by atoms with Gasteiger partial charge in [-0.05, 0) is 18.2 Å². The minimum Gasteiger partial charge on any atom is -0.496 e. The van der Waals surface area contributed by atoms with Crippen molar-refractivity contribution in [1.82, 2.24) is 9.55 Å². The highest BCUT2D eigenvalue weighted by molar-refractivity contribution is 6.30. The van der Waals surface area contributed by atoms with E-state index in [2.05, 4.69) is 11.1 Å². The molecule has 0 atom stereocenters. The summed E-state index contributed by atoms with van der Waals surface area (Å²) in [5.74, 6) is 0.721. The summed E-state index contributed by atoms with van der Waals surface area (Å²) in [6.07, 6.45) is 1.68. The zero-order chi connectivity index (χ0) is 15.0. The van der Waals surface area contributed by atoms with Crippen molar-refractivity contribution >= 4 is 22.5 Å². The minimum atomic E-state index is 0.371. The number of aryl methyl sites for hydroxylation is 1. The first-order chi connectivity index (χ1) is 10.2. The predicted octanol–water partition coefficient (Wildman–Crippen LogP) is 3.77. The van der Waals surface area contributed by atoms with Gasteiger partial charge in [-0.15, -0.1) is 0 Å². The quantitative estimate of drug-likeness (QED) is 0.676. The first-order valence-corrected chi connectivity index (χ1v) is 6.72. The van der Waals surface area contributed by atoms with Crippen molar-refractivity contribution in [2.24, 2.45) is 7.05 Å². The van der Waals surface area contributed by atoms with Crippen LogP contribution in [0.25, 0.3) is 22.2 Å². The number of halogens is 1. The van der Waals surface area contributed by atoms with Gasteiger partial charge in [0.15, 0.2) is 0 Å². The molecule has 3 rings (SSSR count). The van der Waals surface area contributed by atoms with Crippen molar-refractivity contribution in [2.75, 3.05) is 7.11 Å². The zero-order valence-electron chi connectivity index (χ0n) is 11.6. The molecule has 0 fully saturated rings. The second kappa shape index (κ2) is 5.12. The fourth-order valence-corrected chi connectivity index (χ4v) is 2.73. The summed E-state index contributed by atoms with van der Waals surface area (Å²) in [6.45, 7) is 0. The summed E-state index contributed by atoms with van der Waals surface area (Å²) in [5, 5.41) is 10.7. The molecule has 2 heterocycles. The van der Waals surface area contributed by atoms with Crippen LogP contribution >= 0.6 is 11.6 Å². The summed E-state index contributed by atoms with van der Waals surface area (Å²) in [5.41, 5.74) is 3.10. The Labute approximate surface area is 127 Å². The lowest BCUT2D eigenvalue weighted by molar-refractivity contribution is 0.416. The number of fused-ring (bicyclic) bond motifs is 1. The number of ether oxygens (including phenoxy) is 1. The van der Waals surface area contributed by atoms with Crippen LogP contribution < -0.4 is 4.74 Å². The maximum Gasteiger partial charge on any atom is 0.129 e. The summed E-state index contributed by atoms with van der Waals surface area (Å²) in [7, 11) is 3.52. The molecule has 0 bridgehead atoms. The molecular weight excluding hydrogens is 286 g/mol. The van der Waals surface area contributed by atoms with E-state index in [1.807, 2.05) is 35.9 Å². The fraction of sp³-hybridized carbons (Fsp3) is 0.125. The van der Waals surface area contributed by atoms with E-state index in [1.54, 1.807) is 19.4 Å². The van der Waals surface area contributed by atoms with Crippen LogP contribution in [0.2, 0.25) is 5.15 Å². The van der Waals surface area contributed by atoms with Gasteiger partial charge in [-0.1, -0.05) is 23.7 Å². The Morgan fingerprint density at radius 2 is 2.10 bits per heavy atom. The third-order valence-electron chi connectivity index (χ3n) is 3.53. The van der Waals surface area contributed by atoms with E-state index in [0.717, 1.165) is 27.9 Å². The summed E-state index contributed by atoms with van der Waals surface area (Å²) >= 11 is 5.96. The van der Waals surface area contributed by atoms with Gasteiger partial charge < -0.3 is 9.30 Å². The van der Waals surface area contributed by atoms with Crippen LogP contribution in [0.4, 0.5) is 0 Å². The number of hydrogen-bond acceptors (Lipinski definition) is 3. The molecule has 0 amide bonds. The predicted molar refractivity (Wildman–Crippen MR) is 82.4 cm³/mol. The maximum atomic E-state index is 9.58. The Hall–Kier alpha value is -2.51. The number of rotatable bonds is 2. The largest absolute Gasteiger partial charge is 0.496 e. The fourth-order valence-electron chi connectivity index (χ4n) is 2.57. The van der Waals surface area contributed by atoms with Gasteiger partial charge in [0.1, 0.15) is 17.0 Å². The standard InChI is InChI=1S/C16H12ClN3O/c1-20-13-9-19-15(17)7-11(13)12(8-18)16(20)10-5-3-4-6-14(10)21-2/h3-7,9H,1-2H3. The number of hydrogen-bond donors (Lipinski definition) is 0. The Morgan fingerprint density at radius 1 is 1.33 bits per heavy atom. The number of pyridine rings is 1. The van der Waals surface area contributed by atoms with Crippen LogP contribution in [-0.4, -0.2) is 16.7 Å². The molecule has 0 spiro atoms. The first kappa shape index (κ1) is 13.5. The molecular formula is C16H12ClN3O. The lowest BCUT2D eigenvalue weighted by atomic mass is 10.1. The lowest BCUT2D eigenvalue weighted by Gasteiger charge is -2.10. The average molecular weight is 298 g/mol. The molecule has 1 aromatic carbocycles. The Bertz CT molecular complexity index is 877. The molecule has 0 saturated carbocycles. The highest BCUT2D eigenvalue weighted by Gasteiger charge is 2.19. The number of nitrogens with zero attached hydrogens (tertiary/aromatic N) is 3. The topological polar surface area (TPSA) is 50.8 Å². The van der Waals surface area contributed by atoms with Crippen molar-refractivity contribution in [1.29, 1.82) is 5.26 Å². The van der Waals surface area contributed by atoms with Crippen LogP contribution in [-0.2, 0) is 7.05 Å². The van der Waals surface area contributed by atoms with Crippen molar-refractivity contribution in [3.63, 3.8) is 0 Å². The first-order valence-electron chi connectivity index (χ1n) is 6.34. The SMILES string of the molecule is COc1ccccc1-c1c(C#N)c2cc(Cl)ncc2n1C. The molecule has 0 aliphatic carbocycles. The monoisotopic (exact) mass is 297 g/mol. The molecule has 2 aromatic heterocycles. The van der Waals surface area contributed by atoms with Gasteiger partial charge in [0.2, 0.25) is 0 Å². The van der Waals surface area contributed by atoms with Crippen molar-refractivity contribution < 1.29 is 4.74 Å². The normalized spacial score (nSPS) is 10.6. The summed E-state index contributed by atoms with van der Waals surface area (Å²) in [6, 6.07) is 11.6. The van der Waals surface area contributed by atoms with Crippen molar-refractivity contribution in [3.8, 4) is 23.1 Å². The maximum absolute atomic E-state index is 9.58. The molecule has 3 aromatic rings. The van der Waals surface area contributed by atoms with Gasteiger partial charge in [-0.25, -0.2) is 4.98 Å². The number of aromatic nitrogens is 2. The Kier molecular flexibility index (Phi) is 3.28. The number of nitriles is 1. The Balaban J connectivity index is 2.43. The van der Waals surface area contributed by atoms with E-state index >= 15 is 0 Å². The molecule has 0 unspecified atom stereocenters. The van der Waals surface area contributed by atoms with E-state index in [4.69, 9.17) is 16.3 Å². The molecule has 21 heavy (non-hydrogen) atoms. The van der Waals surface area contributed by atoms with Crippen LogP contribution in [0.15, 0.2) is 36.5 Å². The van der Waals surface area contributed by atoms with E-state index < -0.39 is 0 Å². The van der Waals surface area contributed by atoms with E-state index in [-0.39, 0.29) is 0 Å². The number of benzene rings is 1. The highest BCUT2D eigenvalue weighted by Crippen LogP contribution is 2.37. The van der Waals surface area contributed by atoms with Crippen LogP contribution in [0, 0.1) is 11.3 Å². The second-order valence-electron chi connectivity index (χ2n) is 4.62. The van der Waals surface area contributed by atoms with Gasteiger partial charge in [0, 0.05) is 18.0 Å². The average Bonchev–Trinajstić information content (AvgIpc) is 2.78. The third-order valence-corrected chi connectivity index (χ3v) is 3.73. The van der Waals surface area contributed by atoms with E-state index in [9.17, 15) is 5.26 Å². The molecule has 104 valence electrons. The van der Waals surface area contributed by atoms with Crippen LogP contribution in [0.3, 0.4) is 0 Å². The smallest absolute Gasteiger partial charge is 0.129 e. The molecule has 0 radical (unpaired) electrons. The van der Waals surface area contributed by atoms with Gasteiger partial charge in [-0.3, -0.25) is 0 Å². The molecule has 0 N–H and O–H groups in total. The molecule has 4 nitrogen and oxygen atoms in total. The molecule has 0 aliphatic rings. The van der Waals surface area contributed by atoms with E-state index in [0.29, 0.717) is 10.7 Å². The van der Waals surface area contributed by atoms with Crippen molar-refractivity contribution in [2.45, 2.75) is 0 Å². The Morgan fingerprint density at radius 3 is 2.81 bits per heavy atom. The van der Waals surface area contributed by atoms with Gasteiger partial charge in [0.25, 0.3) is 0 Å². The summed E-state index contributed by atoms with van der Waals surface area (Å²) < 4.78 is 7.35. The second-order valence-corrected chi connectivity index (χ2v) is 5.01. The minimum absolute atomic E-state index is 0.371. The lowest BCUT2D eigenvalue weighted by Crippen LogP contribution is -1.95. The van der Waals surface area contributed by atoms with E-state index in [1.165, 1.54) is 0 Å². The zero-order valence-corrected chi connectivity index (χ0v) is 12.3.